The van der Waals surface area contributed by atoms with Gasteiger partial charge in [-0.15, -0.1) is 0 Å². The molecule has 10 aromatic carbocycles. The maximum absolute atomic E-state index is 5.37. The molecule has 0 unspecified atom stereocenters. The van der Waals surface area contributed by atoms with E-state index in [4.69, 9.17) is 9.97 Å². The summed E-state index contributed by atoms with van der Waals surface area (Å²) in [5.74, 6) is 0.692. The first-order valence-corrected chi connectivity index (χ1v) is 21.8. The molecule has 0 saturated carbocycles. The van der Waals surface area contributed by atoms with Gasteiger partial charge in [-0.2, -0.15) is 0 Å². The van der Waals surface area contributed by atoms with Gasteiger partial charge in [-0.3, -0.25) is 0 Å². The summed E-state index contributed by atoms with van der Waals surface area (Å²) in [4.78, 5) is 10.7. The van der Waals surface area contributed by atoms with E-state index in [0.29, 0.717) is 5.82 Å². The molecule has 0 atom stereocenters. The molecule has 11 aromatic rings. The summed E-state index contributed by atoms with van der Waals surface area (Å²) >= 11 is 0. The van der Waals surface area contributed by atoms with Gasteiger partial charge < -0.3 is 0 Å². The van der Waals surface area contributed by atoms with E-state index in [1.807, 2.05) is 0 Å². The molecule has 0 aliphatic heterocycles. The van der Waals surface area contributed by atoms with E-state index < -0.39 is 0 Å². The lowest BCUT2D eigenvalue weighted by atomic mass is 9.82. The van der Waals surface area contributed by atoms with Gasteiger partial charge in [0.1, 0.15) is 0 Å². The van der Waals surface area contributed by atoms with Crippen LogP contribution >= 0.6 is 0 Å². The van der Waals surface area contributed by atoms with Crippen molar-refractivity contribution in [2.75, 3.05) is 0 Å². The second-order valence-electron chi connectivity index (χ2n) is 17.3. The molecule has 1 aliphatic rings. The Balaban J connectivity index is 1.01. The maximum atomic E-state index is 5.37. The predicted octanol–water partition coefficient (Wildman–Crippen LogP) is 16.2. The summed E-state index contributed by atoms with van der Waals surface area (Å²) in [7, 11) is 0. The highest BCUT2D eigenvalue weighted by Gasteiger charge is 2.35. The summed E-state index contributed by atoms with van der Waals surface area (Å²) < 4.78 is 0. The first-order valence-electron chi connectivity index (χ1n) is 21.8. The van der Waals surface area contributed by atoms with Gasteiger partial charge in [0.2, 0.25) is 0 Å². The van der Waals surface area contributed by atoms with Crippen LogP contribution in [0.15, 0.2) is 218 Å². The highest BCUT2D eigenvalue weighted by atomic mass is 14.9. The molecule has 12 rings (SSSR count). The Bertz CT molecular complexity index is 3560. The molecule has 0 saturated heterocycles. The molecule has 2 heteroatoms. The molecule has 1 aromatic heterocycles. The topological polar surface area (TPSA) is 25.8 Å². The fourth-order valence-electron chi connectivity index (χ4n) is 10.1. The van der Waals surface area contributed by atoms with E-state index in [9.17, 15) is 0 Å². The minimum Gasteiger partial charge on any atom is -0.228 e. The number of fused-ring (bicyclic) bond motifs is 7. The van der Waals surface area contributed by atoms with Crippen LogP contribution < -0.4 is 0 Å². The Hall–Kier alpha value is -7.94. The van der Waals surface area contributed by atoms with Crippen LogP contribution in [0.1, 0.15) is 25.0 Å². The standard InChI is InChI=1S/C61H42N2/c1-61(2)55-23-13-12-21-50(55)54-37-46(33-35-56(54)61)48-19-10-11-22-51(48)58-38-57(62-60(63-58)44-30-24-40(25-31-44)39-14-4-3-5-15-39)42-26-28-43(29-27-42)59-49-20-9-7-17-45(49)36-53-47-18-8-6-16-41(47)32-34-52(53)59/h3-38H,1-2H3. The van der Waals surface area contributed by atoms with Crippen molar-refractivity contribution in [3.8, 4) is 78.4 Å². The molecular formula is C61H42N2. The normalized spacial score (nSPS) is 12.7. The van der Waals surface area contributed by atoms with Crippen LogP contribution in [-0.4, -0.2) is 9.97 Å². The average molecular weight is 803 g/mol. The second-order valence-corrected chi connectivity index (χ2v) is 17.3. The van der Waals surface area contributed by atoms with Crippen LogP contribution in [0.25, 0.3) is 111 Å². The molecule has 296 valence electrons. The molecule has 0 fully saturated rings. The number of hydrogen-bond acceptors (Lipinski definition) is 2. The van der Waals surface area contributed by atoms with E-state index in [1.54, 1.807) is 0 Å². The third-order valence-electron chi connectivity index (χ3n) is 13.3. The van der Waals surface area contributed by atoms with Crippen LogP contribution in [0, 0.1) is 0 Å². The fraction of sp³-hybridized carbons (Fsp3) is 0.0492. The molecule has 0 amide bonds. The molecule has 1 aliphatic carbocycles. The van der Waals surface area contributed by atoms with Crippen molar-refractivity contribution in [3.05, 3.63) is 230 Å². The Kier molecular flexibility index (Phi) is 8.55. The molecular weight excluding hydrogens is 761 g/mol. The van der Waals surface area contributed by atoms with Crippen molar-refractivity contribution in [1.82, 2.24) is 9.97 Å². The van der Waals surface area contributed by atoms with Crippen LogP contribution in [0.2, 0.25) is 0 Å². The van der Waals surface area contributed by atoms with Crippen molar-refractivity contribution < 1.29 is 0 Å². The van der Waals surface area contributed by atoms with Crippen molar-refractivity contribution in [2.24, 2.45) is 0 Å². The van der Waals surface area contributed by atoms with E-state index in [-0.39, 0.29) is 5.41 Å². The van der Waals surface area contributed by atoms with Crippen molar-refractivity contribution in [1.29, 1.82) is 0 Å². The van der Waals surface area contributed by atoms with Gasteiger partial charge in [0.15, 0.2) is 5.82 Å². The number of hydrogen-bond donors (Lipinski definition) is 0. The van der Waals surface area contributed by atoms with Crippen LogP contribution in [0.4, 0.5) is 0 Å². The maximum Gasteiger partial charge on any atom is 0.160 e. The third-order valence-corrected chi connectivity index (χ3v) is 13.3. The molecule has 0 bridgehead atoms. The van der Waals surface area contributed by atoms with E-state index in [1.165, 1.54) is 76.8 Å². The van der Waals surface area contributed by atoms with Gasteiger partial charge in [-0.25, -0.2) is 9.97 Å². The Morgan fingerprint density at radius 1 is 0.302 bits per heavy atom. The minimum atomic E-state index is -0.0544. The lowest BCUT2D eigenvalue weighted by Crippen LogP contribution is -2.14. The smallest absolute Gasteiger partial charge is 0.160 e. The van der Waals surface area contributed by atoms with Gasteiger partial charge >= 0.3 is 0 Å². The minimum absolute atomic E-state index is 0.0544. The quantitative estimate of drug-likeness (QED) is 0.124. The van der Waals surface area contributed by atoms with E-state index in [2.05, 4.69) is 232 Å². The highest BCUT2D eigenvalue weighted by Crippen LogP contribution is 2.50. The van der Waals surface area contributed by atoms with Crippen LogP contribution in [-0.2, 0) is 5.41 Å². The Labute approximate surface area is 367 Å². The summed E-state index contributed by atoms with van der Waals surface area (Å²) in [6.45, 7) is 4.67. The van der Waals surface area contributed by atoms with E-state index >= 15 is 0 Å². The summed E-state index contributed by atoms with van der Waals surface area (Å²) in [6.07, 6.45) is 0. The monoisotopic (exact) mass is 802 g/mol. The zero-order valence-electron chi connectivity index (χ0n) is 35.2. The number of benzene rings is 10. The van der Waals surface area contributed by atoms with Gasteiger partial charge in [-0.05, 0) is 106 Å². The second kappa shape index (κ2) is 14.6. The number of nitrogens with zero attached hydrogens (tertiary/aromatic N) is 2. The van der Waals surface area contributed by atoms with Crippen molar-refractivity contribution >= 4 is 32.3 Å². The van der Waals surface area contributed by atoms with Gasteiger partial charge in [0.05, 0.1) is 11.4 Å². The van der Waals surface area contributed by atoms with Crippen LogP contribution in [0.3, 0.4) is 0 Å². The fourth-order valence-corrected chi connectivity index (χ4v) is 10.1. The SMILES string of the molecule is CC1(C)c2ccccc2-c2cc(-c3ccccc3-c3cc(-c4ccc(-c5c6ccccc6cc6c5ccc5ccccc56)cc4)nc(-c4ccc(-c5ccccc5)cc4)n3)ccc21. The third kappa shape index (κ3) is 6.17. The predicted molar refractivity (Wildman–Crippen MR) is 265 cm³/mol. The lowest BCUT2D eigenvalue weighted by molar-refractivity contribution is 0.660. The zero-order chi connectivity index (χ0) is 42.1. The average Bonchev–Trinajstić information content (AvgIpc) is 3.58. The first kappa shape index (κ1) is 36.9. The molecule has 63 heavy (non-hydrogen) atoms. The van der Waals surface area contributed by atoms with Gasteiger partial charge in [0, 0.05) is 22.1 Å². The molecule has 0 N–H and O–H groups in total. The Morgan fingerprint density at radius 2 is 0.873 bits per heavy atom. The number of rotatable bonds is 6. The molecule has 1 heterocycles. The molecule has 2 nitrogen and oxygen atoms in total. The largest absolute Gasteiger partial charge is 0.228 e. The Morgan fingerprint density at radius 3 is 1.68 bits per heavy atom. The van der Waals surface area contributed by atoms with E-state index in [0.717, 1.165) is 39.2 Å². The number of aromatic nitrogens is 2. The molecule has 0 radical (unpaired) electrons. The summed E-state index contributed by atoms with van der Waals surface area (Å²) in [5, 5.41) is 7.52. The molecule has 0 spiro atoms. The summed E-state index contributed by atoms with van der Waals surface area (Å²) in [6, 6.07) is 79.1. The first-order chi connectivity index (χ1) is 31.0. The summed E-state index contributed by atoms with van der Waals surface area (Å²) in [5.41, 5.74) is 17.2. The van der Waals surface area contributed by atoms with Gasteiger partial charge in [0.25, 0.3) is 0 Å². The van der Waals surface area contributed by atoms with Crippen molar-refractivity contribution in [3.63, 3.8) is 0 Å². The van der Waals surface area contributed by atoms with Gasteiger partial charge in [-0.1, -0.05) is 214 Å². The lowest BCUT2D eigenvalue weighted by Gasteiger charge is -2.21. The van der Waals surface area contributed by atoms with Crippen molar-refractivity contribution in [2.45, 2.75) is 19.3 Å². The van der Waals surface area contributed by atoms with Crippen LogP contribution in [0.5, 0.6) is 0 Å². The highest BCUT2D eigenvalue weighted by molar-refractivity contribution is 6.20. The zero-order valence-corrected chi connectivity index (χ0v) is 35.2.